The maximum Gasteiger partial charge on any atom is 0.281 e. The molecule has 0 heterocycles. The van der Waals surface area contributed by atoms with E-state index in [1.54, 1.807) is 30.3 Å². The highest BCUT2D eigenvalue weighted by Gasteiger charge is 2.09. The fourth-order valence-electron chi connectivity index (χ4n) is 0.827. The summed E-state index contributed by atoms with van der Waals surface area (Å²) in [5.74, 6) is 0. The van der Waals surface area contributed by atoms with E-state index in [0.717, 1.165) is 5.37 Å². The van der Waals surface area contributed by atoms with Gasteiger partial charge in [-0.2, -0.15) is 0 Å². The van der Waals surface area contributed by atoms with Crippen molar-refractivity contribution in [3.63, 3.8) is 0 Å². The van der Waals surface area contributed by atoms with E-state index in [4.69, 9.17) is 0 Å². The van der Waals surface area contributed by atoms with Gasteiger partial charge >= 0.3 is 0 Å². The largest absolute Gasteiger partial charge is 0.281 e. The highest BCUT2D eigenvalue weighted by molar-refractivity contribution is 7.66. The first-order chi connectivity index (χ1) is 6.74. The van der Waals surface area contributed by atoms with Gasteiger partial charge in [-0.15, -0.1) is 0 Å². The van der Waals surface area contributed by atoms with E-state index >= 15 is 0 Å². The number of aliphatic imine (C=N–C) groups is 1. The highest BCUT2D eigenvalue weighted by atomic mass is 32.1. The summed E-state index contributed by atoms with van der Waals surface area (Å²) in [6.07, 6.45) is -2.73. The van der Waals surface area contributed by atoms with Crippen molar-refractivity contribution in [2.75, 3.05) is 0 Å². The van der Waals surface area contributed by atoms with E-state index in [1.165, 1.54) is 0 Å². The van der Waals surface area contributed by atoms with Crippen molar-refractivity contribution in [2.24, 2.45) is 4.99 Å². The van der Waals surface area contributed by atoms with Crippen LogP contribution in [0.2, 0.25) is 0 Å². The summed E-state index contributed by atoms with van der Waals surface area (Å²) in [4.78, 5) is 3.64. The molecule has 1 aromatic carbocycles. The number of nitrogens with zero attached hydrogens (tertiary/aromatic N) is 1. The SMILES string of the molecule is O=S=CC(=Nc1ccccc1)C(F)F. The van der Waals surface area contributed by atoms with Crippen molar-refractivity contribution in [3.8, 4) is 0 Å². The lowest BCUT2D eigenvalue weighted by atomic mass is 10.3. The fraction of sp³-hybridized carbons (Fsp3) is 0.111. The molecule has 5 heteroatoms. The molecule has 0 aliphatic heterocycles. The van der Waals surface area contributed by atoms with Gasteiger partial charge in [-0.05, 0) is 12.1 Å². The van der Waals surface area contributed by atoms with Gasteiger partial charge in [0.05, 0.1) is 22.3 Å². The van der Waals surface area contributed by atoms with Crippen LogP contribution >= 0.6 is 0 Å². The zero-order valence-electron chi connectivity index (χ0n) is 7.06. The Morgan fingerprint density at radius 1 is 1.36 bits per heavy atom. The number of benzene rings is 1. The minimum atomic E-state index is -2.73. The summed E-state index contributed by atoms with van der Waals surface area (Å²) in [5, 5.41) is 0.803. The van der Waals surface area contributed by atoms with Crippen molar-refractivity contribution >= 4 is 28.0 Å². The van der Waals surface area contributed by atoms with E-state index in [9.17, 15) is 13.0 Å². The maximum atomic E-state index is 12.3. The molecule has 2 nitrogen and oxygen atoms in total. The Kier molecular flexibility index (Phi) is 4.12. The molecule has 0 bridgehead atoms. The van der Waals surface area contributed by atoms with Gasteiger partial charge in [-0.1, -0.05) is 18.2 Å². The Balaban J connectivity index is 2.99. The van der Waals surface area contributed by atoms with Crippen LogP contribution < -0.4 is 0 Å². The van der Waals surface area contributed by atoms with Crippen LogP contribution in [0.4, 0.5) is 14.5 Å². The van der Waals surface area contributed by atoms with Crippen LogP contribution in [-0.2, 0) is 11.3 Å². The third-order valence-electron chi connectivity index (χ3n) is 1.41. The number of hydrogen-bond acceptors (Lipinski definition) is 2. The van der Waals surface area contributed by atoms with Crippen molar-refractivity contribution < 1.29 is 13.0 Å². The van der Waals surface area contributed by atoms with Gasteiger partial charge in [0.1, 0.15) is 5.71 Å². The van der Waals surface area contributed by atoms with Crippen molar-refractivity contribution in [1.82, 2.24) is 0 Å². The molecule has 74 valence electrons. The lowest BCUT2D eigenvalue weighted by Crippen LogP contribution is -2.11. The third kappa shape index (κ3) is 3.18. The van der Waals surface area contributed by atoms with Gasteiger partial charge in [0.2, 0.25) is 0 Å². The zero-order chi connectivity index (χ0) is 10.4. The average Bonchev–Trinajstić information content (AvgIpc) is 2.18. The molecular weight excluding hydrogens is 208 g/mol. The van der Waals surface area contributed by atoms with Gasteiger partial charge < -0.3 is 0 Å². The molecular formula is C9H7F2NOS. The van der Waals surface area contributed by atoms with E-state index < -0.39 is 12.1 Å². The van der Waals surface area contributed by atoms with Gasteiger partial charge in [0, 0.05) is 0 Å². The quantitative estimate of drug-likeness (QED) is 0.560. The van der Waals surface area contributed by atoms with Crippen LogP contribution in [0, 0.1) is 0 Å². The first kappa shape index (κ1) is 10.7. The van der Waals surface area contributed by atoms with E-state index in [2.05, 4.69) is 4.99 Å². The molecule has 14 heavy (non-hydrogen) atoms. The molecule has 0 saturated carbocycles. The van der Waals surface area contributed by atoms with E-state index in [1.807, 2.05) is 0 Å². The predicted octanol–water partition coefficient (Wildman–Crippen LogP) is 2.04. The Morgan fingerprint density at radius 2 is 2.00 bits per heavy atom. The van der Waals surface area contributed by atoms with Gasteiger partial charge in [-0.25, -0.2) is 18.0 Å². The normalized spacial score (nSPS) is 11.5. The van der Waals surface area contributed by atoms with Crippen LogP contribution in [0.25, 0.3) is 0 Å². The summed E-state index contributed by atoms with van der Waals surface area (Å²) >= 11 is -0.0285. The molecule has 0 aliphatic carbocycles. The number of hydrogen-bond donors (Lipinski definition) is 0. The maximum absolute atomic E-state index is 12.3. The molecule has 1 aromatic rings. The summed E-state index contributed by atoms with van der Waals surface area (Å²) in [6.45, 7) is 0. The Morgan fingerprint density at radius 3 is 2.50 bits per heavy atom. The highest BCUT2D eigenvalue weighted by Crippen LogP contribution is 2.11. The van der Waals surface area contributed by atoms with Gasteiger partial charge in [0.15, 0.2) is 0 Å². The molecule has 0 unspecified atom stereocenters. The van der Waals surface area contributed by atoms with E-state index in [-0.39, 0.29) is 11.3 Å². The smallest absolute Gasteiger partial charge is 0.246 e. The molecule has 0 N–H and O–H groups in total. The number of alkyl halides is 2. The summed E-state index contributed by atoms with van der Waals surface area (Å²) < 4.78 is 34.6. The molecule has 0 aliphatic rings. The number of para-hydroxylation sites is 1. The second-order valence-corrected chi connectivity index (χ2v) is 2.82. The third-order valence-corrected chi connectivity index (χ3v) is 1.74. The topological polar surface area (TPSA) is 29.4 Å². The lowest BCUT2D eigenvalue weighted by molar-refractivity contribution is 0.228. The molecule has 0 amide bonds. The molecule has 0 spiro atoms. The minimum absolute atomic E-state index is 0.0285. The van der Waals surface area contributed by atoms with Crippen LogP contribution in [0.5, 0.6) is 0 Å². The van der Waals surface area contributed by atoms with Crippen LogP contribution in [0.1, 0.15) is 0 Å². The Hall–Kier alpha value is -1.36. The molecule has 0 saturated heterocycles. The molecule has 0 radical (unpaired) electrons. The van der Waals surface area contributed by atoms with E-state index in [0.29, 0.717) is 5.69 Å². The Labute approximate surface area is 83.4 Å². The number of halogens is 2. The standard InChI is InChI=1S/C9H7F2NOS/c10-9(11)8(6-14-13)12-7-4-2-1-3-5-7/h1-6,9H. The fourth-order valence-corrected chi connectivity index (χ4v) is 1.08. The molecule has 0 aromatic heterocycles. The Bertz CT molecular complexity index is 372. The van der Waals surface area contributed by atoms with Crippen molar-refractivity contribution in [3.05, 3.63) is 30.3 Å². The van der Waals surface area contributed by atoms with Crippen molar-refractivity contribution in [2.45, 2.75) is 6.43 Å². The van der Waals surface area contributed by atoms with Gasteiger partial charge in [0.25, 0.3) is 6.43 Å². The first-order valence-corrected chi connectivity index (χ1v) is 4.58. The average molecular weight is 215 g/mol. The second-order valence-electron chi connectivity index (χ2n) is 2.39. The van der Waals surface area contributed by atoms with Crippen molar-refractivity contribution in [1.29, 1.82) is 0 Å². The summed E-state index contributed by atoms with van der Waals surface area (Å²) in [6, 6.07) is 8.31. The first-order valence-electron chi connectivity index (χ1n) is 3.77. The lowest BCUT2D eigenvalue weighted by Gasteiger charge is -1.97. The summed E-state index contributed by atoms with van der Waals surface area (Å²) in [7, 11) is 0. The van der Waals surface area contributed by atoms with Gasteiger partial charge in [-0.3, -0.25) is 0 Å². The molecule has 1 rings (SSSR count). The zero-order valence-corrected chi connectivity index (χ0v) is 7.88. The molecule has 0 fully saturated rings. The minimum Gasteiger partial charge on any atom is -0.246 e. The van der Waals surface area contributed by atoms with Crippen LogP contribution in [0.3, 0.4) is 0 Å². The summed E-state index contributed by atoms with van der Waals surface area (Å²) in [5.41, 5.74) is -0.0932. The molecule has 0 atom stereocenters. The van der Waals surface area contributed by atoms with Crippen LogP contribution in [0.15, 0.2) is 35.3 Å². The predicted molar refractivity (Wildman–Crippen MR) is 53.7 cm³/mol. The second kappa shape index (κ2) is 5.39. The van der Waals surface area contributed by atoms with Crippen LogP contribution in [-0.4, -0.2) is 21.7 Å². The number of rotatable bonds is 3. The monoisotopic (exact) mass is 215 g/mol.